The zero-order valence-corrected chi connectivity index (χ0v) is 10.6. The van der Waals surface area contributed by atoms with Crippen molar-refractivity contribution in [2.45, 2.75) is 19.8 Å². The van der Waals surface area contributed by atoms with Crippen molar-refractivity contribution in [1.82, 2.24) is 5.32 Å². The molecule has 0 aromatic heterocycles. The first-order valence-electron chi connectivity index (χ1n) is 6.18. The van der Waals surface area contributed by atoms with Crippen LogP contribution >= 0.6 is 0 Å². The van der Waals surface area contributed by atoms with Crippen molar-refractivity contribution in [3.05, 3.63) is 35.9 Å². The second kappa shape index (κ2) is 8.32. The lowest BCUT2D eigenvalue weighted by Gasteiger charge is -2.06. The summed E-state index contributed by atoms with van der Waals surface area (Å²) in [5, 5.41) is 11.6. The minimum atomic E-state index is -0.254. The molecular weight excluding hydrogens is 226 g/mol. The van der Waals surface area contributed by atoms with Crippen LogP contribution in [-0.2, 0) is 4.79 Å². The molecule has 1 amide bonds. The number of benzene rings is 1. The highest BCUT2D eigenvalue weighted by Gasteiger charge is 2.00. The lowest BCUT2D eigenvalue weighted by Crippen LogP contribution is -2.23. The Morgan fingerprint density at radius 1 is 1.39 bits per heavy atom. The molecule has 0 aliphatic heterocycles. The molecule has 1 rings (SSSR count). The van der Waals surface area contributed by atoms with Crippen LogP contribution in [0.15, 0.2) is 30.3 Å². The van der Waals surface area contributed by atoms with Gasteiger partial charge in [0.15, 0.2) is 0 Å². The summed E-state index contributed by atoms with van der Waals surface area (Å²) in [7, 11) is 0. The van der Waals surface area contributed by atoms with Crippen molar-refractivity contribution >= 4 is 5.91 Å². The van der Waals surface area contributed by atoms with Crippen LogP contribution in [0.5, 0.6) is 0 Å². The number of carbonyl (C=O) groups is 1. The lowest BCUT2D eigenvalue weighted by molar-refractivity contribution is -0.115. The maximum atomic E-state index is 11.4. The van der Waals surface area contributed by atoms with Gasteiger partial charge in [-0.2, -0.15) is 0 Å². The van der Waals surface area contributed by atoms with Gasteiger partial charge in [0.25, 0.3) is 5.91 Å². The molecule has 0 bridgehead atoms. The van der Waals surface area contributed by atoms with E-state index in [4.69, 9.17) is 5.11 Å². The highest BCUT2D eigenvalue weighted by molar-refractivity contribution is 5.94. The summed E-state index contributed by atoms with van der Waals surface area (Å²) in [5.74, 6) is 5.39. The van der Waals surface area contributed by atoms with Gasteiger partial charge in [0, 0.05) is 24.6 Å². The van der Waals surface area contributed by atoms with Gasteiger partial charge in [0.1, 0.15) is 0 Å². The van der Waals surface area contributed by atoms with Crippen molar-refractivity contribution < 1.29 is 9.90 Å². The fourth-order valence-corrected chi connectivity index (χ4v) is 1.44. The number of nitrogens with one attached hydrogen (secondary N) is 1. The first kappa shape index (κ1) is 14.3. The van der Waals surface area contributed by atoms with Crippen LogP contribution in [0.1, 0.15) is 25.3 Å². The SMILES string of the molecule is CC(CO)CCCNC(=O)C#Cc1ccccc1. The van der Waals surface area contributed by atoms with Gasteiger partial charge in [0.05, 0.1) is 0 Å². The minimum Gasteiger partial charge on any atom is -0.396 e. The number of amides is 1. The third-order valence-electron chi connectivity index (χ3n) is 2.57. The van der Waals surface area contributed by atoms with Crippen LogP contribution in [0, 0.1) is 17.8 Å². The van der Waals surface area contributed by atoms with Crippen molar-refractivity contribution in [2.24, 2.45) is 5.92 Å². The molecule has 0 saturated carbocycles. The molecule has 18 heavy (non-hydrogen) atoms. The molecule has 1 unspecified atom stereocenters. The van der Waals surface area contributed by atoms with Crippen LogP contribution in [0.4, 0.5) is 0 Å². The number of aliphatic hydroxyl groups is 1. The summed E-state index contributed by atoms with van der Waals surface area (Å²) in [5.41, 5.74) is 0.835. The van der Waals surface area contributed by atoms with E-state index in [0.717, 1.165) is 18.4 Å². The number of hydrogen-bond acceptors (Lipinski definition) is 2. The van der Waals surface area contributed by atoms with Crippen LogP contribution in [0.3, 0.4) is 0 Å². The molecule has 1 atom stereocenters. The third kappa shape index (κ3) is 6.07. The molecule has 0 saturated heterocycles. The number of carbonyl (C=O) groups excluding carboxylic acids is 1. The Bertz CT molecular complexity index is 417. The summed E-state index contributed by atoms with van der Waals surface area (Å²) in [6.45, 7) is 2.78. The van der Waals surface area contributed by atoms with E-state index < -0.39 is 0 Å². The Balaban J connectivity index is 2.24. The monoisotopic (exact) mass is 245 g/mol. The average molecular weight is 245 g/mol. The Labute approximate surface area is 108 Å². The van der Waals surface area contributed by atoms with Crippen LogP contribution in [0.25, 0.3) is 0 Å². The molecule has 96 valence electrons. The molecule has 0 aliphatic carbocycles. The summed E-state index contributed by atoms with van der Waals surface area (Å²) in [6.07, 6.45) is 1.77. The second-order valence-corrected chi connectivity index (χ2v) is 4.30. The summed E-state index contributed by atoms with van der Waals surface area (Å²) in [4.78, 5) is 11.4. The molecule has 2 N–H and O–H groups in total. The van der Waals surface area contributed by atoms with E-state index in [2.05, 4.69) is 17.2 Å². The van der Waals surface area contributed by atoms with Gasteiger partial charge >= 0.3 is 0 Å². The van der Waals surface area contributed by atoms with E-state index in [0.29, 0.717) is 6.54 Å². The molecule has 1 aromatic carbocycles. The van der Waals surface area contributed by atoms with E-state index in [1.165, 1.54) is 0 Å². The largest absolute Gasteiger partial charge is 0.396 e. The molecule has 0 heterocycles. The van der Waals surface area contributed by atoms with Crippen LogP contribution in [-0.4, -0.2) is 24.2 Å². The van der Waals surface area contributed by atoms with E-state index in [1.54, 1.807) is 0 Å². The number of aliphatic hydroxyl groups excluding tert-OH is 1. The summed E-state index contributed by atoms with van der Waals surface area (Å²) >= 11 is 0. The lowest BCUT2D eigenvalue weighted by atomic mass is 10.1. The van der Waals surface area contributed by atoms with Gasteiger partial charge in [0.2, 0.25) is 0 Å². The van der Waals surface area contributed by atoms with Gasteiger partial charge in [-0.3, -0.25) is 4.79 Å². The van der Waals surface area contributed by atoms with Crippen LogP contribution < -0.4 is 5.32 Å². The van der Waals surface area contributed by atoms with Crippen molar-refractivity contribution in [3.63, 3.8) is 0 Å². The van der Waals surface area contributed by atoms with Gasteiger partial charge < -0.3 is 10.4 Å². The first-order chi connectivity index (χ1) is 8.72. The zero-order chi connectivity index (χ0) is 13.2. The molecule has 1 aromatic rings. The maximum absolute atomic E-state index is 11.4. The molecule has 3 nitrogen and oxygen atoms in total. The maximum Gasteiger partial charge on any atom is 0.296 e. The van der Waals surface area contributed by atoms with Crippen molar-refractivity contribution in [2.75, 3.05) is 13.2 Å². The standard InChI is InChI=1S/C15H19NO2/c1-13(12-17)6-5-11-16-15(18)10-9-14-7-3-2-4-8-14/h2-4,7-8,13,17H,5-6,11-12H2,1H3,(H,16,18). The number of rotatable bonds is 5. The topological polar surface area (TPSA) is 49.3 Å². The van der Waals surface area contributed by atoms with E-state index in [-0.39, 0.29) is 18.4 Å². The second-order valence-electron chi connectivity index (χ2n) is 4.30. The normalized spacial score (nSPS) is 11.2. The fraction of sp³-hybridized carbons (Fsp3) is 0.400. The summed E-state index contributed by atoms with van der Waals surface area (Å²) in [6, 6.07) is 9.41. The zero-order valence-electron chi connectivity index (χ0n) is 10.6. The predicted molar refractivity (Wildman–Crippen MR) is 71.8 cm³/mol. The Hall–Kier alpha value is -1.79. The predicted octanol–water partition coefficient (Wildman–Crippen LogP) is 1.56. The Kier molecular flexibility index (Phi) is 6.60. The molecule has 3 heteroatoms. The quantitative estimate of drug-likeness (QED) is 0.611. The van der Waals surface area contributed by atoms with Gasteiger partial charge in [-0.25, -0.2) is 0 Å². The van der Waals surface area contributed by atoms with Crippen molar-refractivity contribution in [1.29, 1.82) is 0 Å². The average Bonchev–Trinajstić information content (AvgIpc) is 2.42. The van der Waals surface area contributed by atoms with E-state index >= 15 is 0 Å². The Morgan fingerprint density at radius 2 is 2.11 bits per heavy atom. The highest BCUT2D eigenvalue weighted by Crippen LogP contribution is 2.02. The third-order valence-corrected chi connectivity index (χ3v) is 2.57. The molecule has 0 fully saturated rings. The van der Waals surface area contributed by atoms with Crippen LogP contribution in [0.2, 0.25) is 0 Å². The fourth-order valence-electron chi connectivity index (χ4n) is 1.44. The van der Waals surface area contributed by atoms with Crippen molar-refractivity contribution in [3.8, 4) is 11.8 Å². The first-order valence-corrected chi connectivity index (χ1v) is 6.18. The summed E-state index contributed by atoms with van der Waals surface area (Å²) < 4.78 is 0. The Morgan fingerprint density at radius 3 is 2.78 bits per heavy atom. The van der Waals surface area contributed by atoms with Gasteiger partial charge in [-0.1, -0.05) is 31.0 Å². The molecule has 0 spiro atoms. The van der Waals surface area contributed by atoms with Gasteiger partial charge in [-0.05, 0) is 30.9 Å². The van der Waals surface area contributed by atoms with Gasteiger partial charge in [-0.15, -0.1) is 0 Å². The van der Waals surface area contributed by atoms with E-state index in [9.17, 15) is 4.79 Å². The molecule has 0 radical (unpaired) electrons. The van der Waals surface area contributed by atoms with E-state index in [1.807, 2.05) is 37.3 Å². The molecule has 0 aliphatic rings. The minimum absolute atomic E-state index is 0.196. The number of hydrogen-bond donors (Lipinski definition) is 2. The smallest absolute Gasteiger partial charge is 0.296 e. The highest BCUT2D eigenvalue weighted by atomic mass is 16.3. The molecular formula is C15H19NO2.